The highest BCUT2D eigenvalue weighted by Crippen LogP contribution is 2.38. The maximum Gasteiger partial charge on any atom is 0.146 e. The van der Waals surface area contributed by atoms with Crippen molar-refractivity contribution in [1.29, 1.82) is 0 Å². The minimum Gasteiger partial charge on any atom is -0.497 e. The molecule has 1 aliphatic carbocycles. The van der Waals surface area contributed by atoms with E-state index in [2.05, 4.69) is 5.32 Å². The molecule has 3 nitrogen and oxygen atoms in total. The van der Waals surface area contributed by atoms with Crippen LogP contribution in [0.1, 0.15) is 26.2 Å². The number of benzene rings is 1. The summed E-state index contributed by atoms with van der Waals surface area (Å²) >= 11 is 0. The molecule has 0 heterocycles. The maximum absolute atomic E-state index is 13.8. The van der Waals surface area contributed by atoms with E-state index in [1.165, 1.54) is 18.9 Å². The van der Waals surface area contributed by atoms with Gasteiger partial charge in [0.15, 0.2) is 0 Å². The summed E-state index contributed by atoms with van der Waals surface area (Å²) in [5.41, 5.74) is 6.04. The van der Waals surface area contributed by atoms with Gasteiger partial charge in [-0.05, 0) is 31.4 Å². The van der Waals surface area contributed by atoms with Crippen molar-refractivity contribution >= 4 is 5.69 Å². The molecule has 18 heavy (non-hydrogen) atoms. The Hall–Kier alpha value is -1.29. The minimum atomic E-state index is -0.272. The van der Waals surface area contributed by atoms with Crippen LogP contribution < -0.4 is 15.8 Å². The summed E-state index contributed by atoms with van der Waals surface area (Å²) in [6.07, 6.45) is 3.51. The number of methoxy groups -OCH3 is 1. The second-order valence-corrected chi connectivity index (χ2v) is 5.38. The van der Waals surface area contributed by atoms with Crippen molar-refractivity contribution in [2.75, 3.05) is 19.0 Å². The standard InChI is InChI=1S/C14H21FN2O/c1-14(9-16,8-10-3-4-10)17-13-7-11(18-2)5-6-12(13)15/h5-7,10,17H,3-4,8-9,16H2,1-2H3. The molecule has 1 atom stereocenters. The van der Waals surface area contributed by atoms with E-state index in [4.69, 9.17) is 10.5 Å². The largest absolute Gasteiger partial charge is 0.497 e. The van der Waals surface area contributed by atoms with Crippen molar-refractivity contribution in [3.63, 3.8) is 0 Å². The number of ether oxygens (including phenoxy) is 1. The van der Waals surface area contributed by atoms with Crippen LogP contribution >= 0.6 is 0 Å². The summed E-state index contributed by atoms with van der Waals surface area (Å²) in [6, 6.07) is 4.70. The van der Waals surface area contributed by atoms with E-state index >= 15 is 0 Å². The van der Waals surface area contributed by atoms with Gasteiger partial charge in [-0.25, -0.2) is 4.39 Å². The van der Waals surface area contributed by atoms with Gasteiger partial charge in [0, 0.05) is 18.2 Å². The Bertz CT molecular complexity index is 420. The smallest absolute Gasteiger partial charge is 0.146 e. The van der Waals surface area contributed by atoms with Gasteiger partial charge in [0.05, 0.1) is 12.8 Å². The van der Waals surface area contributed by atoms with Crippen LogP contribution in [0, 0.1) is 11.7 Å². The molecule has 100 valence electrons. The molecule has 1 aromatic rings. The lowest BCUT2D eigenvalue weighted by Gasteiger charge is -2.31. The highest BCUT2D eigenvalue weighted by atomic mass is 19.1. The molecule has 1 fully saturated rings. The molecule has 3 N–H and O–H groups in total. The molecule has 0 amide bonds. The molecule has 0 radical (unpaired) electrons. The van der Waals surface area contributed by atoms with Gasteiger partial charge in [-0.1, -0.05) is 12.8 Å². The summed E-state index contributed by atoms with van der Waals surface area (Å²) < 4.78 is 18.9. The van der Waals surface area contributed by atoms with Crippen LogP contribution in [0.15, 0.2) is 18.2 Å². The van der Waals surface area contributed by atoms with Crippen LogP contribution in [-0.4, -0.2) is 19.2 Å². The van der Waals surface area contributed by atoms with Crippen molar-refractivity contribution in [2.45, 2.75) is 31.7 Å². The third-order valence-electron chi connectivity index (χ3n) is 3.50. The molecule has 1 aromatic carbocycles. The molecule has 1 unspecified atom stereocenters. The Morgan fingerprint density at radius 3 is 2.78 bits per heavy atom. The number of hydrogen-bond acceptors (Lipinski definition) is 3. The zero-order chi connectivity index (χ0) is 13.2. The number of nitrogens with two attached hydrogens (primary N) is 1. The van der Waals surface area contributed by atoms with Crippen molar-refractivity contribution in [2.24, 2.45) is 11.7 Å². The Labute approximate surface area is 108 Å². The number of nitrogens with one attached hydrogen (secondary N) is 1. The van der Waals surface area contributed by atoms with E-state index < -0.39 is 0 Å². The summed E-state index contributed by atoms with van der Waals surface area (Å²) in [6.45, 7) is 2.53. The predicted molar refractivity (Wildman–Crippen MR) is 71.4 cm³/mol. The van der Waals surface area contributed by atoms with Crippen LogP contribution in [-0.2, 0) is 0 Å². The van der Waals surface area contributed by atoms with Crippen LogP contribution in [0.4, 0.5) is 10.1 Å². The van der Waals surface area contributed by atoms with Crippen LogP contribution in [0.3, 0.4) is 0 Å². The highest BCUT2D eigenvalue weighted by Gasteiger charge is 2.32. The SMILES string of the molecule is COc1ccc(F)c(NC(C)(CN)CC2CC2)c1. The Morgan fingerprint density at radius 2 is 2.22 bits per heavy atom. The molecule has 4 heteroatoms. The lowest BCUT2D eigenvalue weighted by Crippen LogP contribution is -2.43. The maximum atomic E-state index is 13.8. The van der Waals surface area contributed by atoms with Gasteiger partial charge in [-0.2, -0.15) is 0 Å². The topological polar surface area (TPSA) is 47.3 Å². The van der Waals surface area contributed by atoms with E-state index in [1.54, 1.807) is 19.2 Å². The van der Waals surface area contributed by atoms with E-state index in [1.807, 2.05) is 6.92 Å². The first-order valence-corrected chi connectivity index (χ1v) is 6.38. The second-order valence-electron chi connectivity index (χ2n) is 5.38. The van der Waals surface area contributed by atoms with E-state index in [-0.39, 0.29) is 11.4 Å². The summed E-state index contributed by atoms with van der Waals surface area (Å²) in [4.78, 5) is 0. The average molecular weight is 252 g/mol. The normalized spacial score (nSPS) is 18.2. The number of hydrogen-bond donors (Lipinski definition) is 2. The van der Waals surface area contributed by atoms with E-state index in [9.17, 15) is 4.39 Å². The number of rotatable bonds is 6. The quantitative estimate of drug-likeness (QED) is 0.818. The lowest BCUT2D eigenvalue weighted by atomic mass is 9.94. The molecular formula is C14H21FN2O. The lowest BCUT2D eigenvalue weighted by molar-refractivity contribution is 0.412. The molecule has 2 rings (SSSR count). The van der Waals surface area contributed by atoms with Crippen LogP contribution in [0.5, 0.6) is 5.75 Å². The monoisotopic (exact) mass is 252 g/mol. The van der Waals surface area contributed by atoms with Crippen LogP contribution in [0.2, 0.25) is 0 Å². The fourth-order valence-electron chi connectivity index (χ4n) is 2.20. The molecule has 0 aromatic heterocycles. The van der Waals surface area contributed by atoms with Gasteiger partial charge in [0.2, 0.25) is 0 Å². The molecule has 0 saturated heterocycles. The van der Waals surface area contributed by atoms with Crippen molar-refractivity contribution in [1.82, 2.24) is 0 Å². The third kappa shape index (κ3) is 3.13. The molecule has 0 aliphatic heterocycles. The highest BCUT2D eigenvalue weighted by molar-refractivity contribution is 5.51. The molecule has 0 bridgehead atoms. The Balaban J connectivity index is 2.14. The first kappa shape index (κ1) is 13.1. The Kier molecular flexibility index (Phi) is 3.76. The first-order chi connectivity index (χ1) is 8.56. The summed E-state index contributed by atoms with van der Waals surface area (Å²) in [7, 11) is 1.57. The first-order valence-electron chi connectivity index (χ1n) is 6.38. The van der Waals surface area contributed by atoms with Crippen molar-refractivity contribution in [3.05, 3.63) is 24.0 Å². The second kappa shape index (κ2) is 5.14. The fraction of sp³-hybridized carbons (Fsp3) is 0.571. The van der Waals surface area contributed by atoms with Crippen molar-refractivity contribution < 1.29 is 9.13 Å². The van der Waals surface area contributed by atoms with Gasteiger partial charge in [-0.15, -0.1) is 0 Å². The zero-order valence-corrected chi connectivity index (χ0v) is 11.0. The fourth-order valence-corrected chi connectivity index (χ4v) is 2.20. The van der Waals surface area contributed by atoms with E-state index in [0.29, 0.717) is 18.0 Å². The minimum absolute atomic E-state index is 0.256. The van der Waals surface area contributed by atoms with Gasteiger partial charge in [-0.3, -0.25) is 0 Å². The van der Waals surface area contributed by atoms with Crippen LogP contribution in [0.25, 0.3) is 0 Å². The van der Waals surface area contributed by atoms with Crippen molar-refractivity contribution in [3.8, 4) is 5.75 Å². The van der Waals surface area contributed by atoms with Gasteiger partial charge < -0.3 is 15.8 Å². The van der Waals surface area contributed by atoms with Gasteiger partial charge >= 0.3 is 0 Å². The molecule has 1 saturated carbocycles. The average Bonchev–Trinajstić information content (AvgIpc) is 3.16. The predicted octanol–water partition coefficient (Wildman–Crippen LogP) is 2.76. The Morgan fingerprint density at radius 1 is 1.50 bits per heavy atom. The van der Waals surface area contributed by atoms with E-state index in [0.717, 1.165) is 12.3 Å². The molecule has 0 spiro atoms. The number of halogens is 1. The summed E-state index contributed by atoms with van der Waals surface area (Å²) in [5, 5.41) is 3.24. The molecule has 1 aliphatic rings. The van der Waals surface area contributed by atoms with Gasteiger partial charge in [0.25, 0.3) is 0 Å². The third-order valence-corrected chi connectivity index (χ3v) is 3.50. The number of anilines is 1. The zero-order valence-electron chi connectivity index (χ0n) is 11.0. The van der Waals surface area contributed by atoms with Gasteiger partial charge in [0.1, 0.15) is 11.6 Å². The molecular weight excluding hydrogens is 231 g/mol. The summed E-state index contributed by atoms with van der Waals surface area (Å²) in [5.74, 6) is 1.11.